The van der Waals surface area contributed by atoms with Gasteiger partial charge in [-0.2, -0.15) is 0 Å². The average Bonchev–Trinajstić information content (AvgIpc) is 2.76. The van der Waals surface area contributed by atoms with Gasteiger partial charge in [-0.15, -0.1) is 0 Å². The summed E-state index contributed by atoms with van der Waals surface area (Å²) >= 11 is 18.2. The zero-order valence-electron chi connectivity index (χ0n) is 20.7. The van der Waals surface area contributed by atoms with Gasteiger partial charge >= 0.3 is 0 Å². The van der Waals surface area contributed by atoms with Crippen molar-refractivity contribution in [2.24, 2.45) is 0 Å². The lowest BCUT2D eigenvalue weighted by atomic mass is 10.0. The first-order valence-electron chi connectivity index (χ1n) is 13.0. The Balaban J connectivity index is 2.05. The van der Waals surface area contributed by atoms with Gasteiger partial charge in [0.1, 0.15) is 6.17 Å². The molecule has 1 amide bonds. The van der Waals surface area contributed by atoms with Gasteiger partial charge < -0.3 is 10.6 Å². The molecule has 0 spiro atoms. The fourth-order valence-electron chi connectivity index (χ4n) is 3.91. The van der Waals surface area contributed by atoms with Gasteiger partial charge in [0.2, 0.25) is 9.70 Å². The quantitative estimate of drug-likeness (QED) is 0.108. The number of rotatable bonds is 19. The van der Waals surface area contributed by atoms with Gasteiger partial charge in [0.25, 0.3) is 0 Å². The number of hydrogen-bond donors (Lipinski definition) is 2. The van der Waals surface area contributed by atoms with Gasteiger partial charge in [-0.1, -0.05) is 149 Å². The molecule has 2 N–H and O–H groups in total. The van der Waals surface area contributed by atoms with Gasteiger partial charge in [-0.3, -0.25) is 4.79 Å². The van der Waals surface area contributed by atoms with E-state index in [4.69, 9.17) is 34.8 Å². The zero-order valence-corrected chi connectivity index (χ0v) is 23.0. The van der Waals surface area contributed by atoms with Crippen molar-refractivity contribution in [2.45, 2.75) is 127 Å². The molecule has 1 atom stereocenters. The topological polar surface area (TPSA) is 41.1 Å². The maximum absolute atomic E-state index is 12.4. The molecule has 0 unspecified atom stereocenters. The molecule has 0 aliphatic rings. The van der Waals surface area contributed by atoms with Gasteiger partial charge in [-0.05, 0) is 25.5 Å². The van der Waals surface area contributed by atoms with Crippen molar-refractivity contribution in [1.82, 2.24) is 5.32 Å². The summed E-state index contributed by atoms with van der Waals surface area (Å²) in [6.07, 6.45) is 19.2. The Morgan fingerprint density at radius 1 is 0.758 bits per heavy atom. The van der Waals surface area contributed by atoms with Gasteiger partial charge in [0.05, 0.1) is 0 Å². The third kappa shape index (κ3) is 16.6. The summed E-state index contributed by atoms with van der Waals surface area (Å²) in [6.45, 7) is 4.28. The molecular weight excluding hydrogens is 475 g/mol. The largest absolute Gasteiger partial charge is 0.362 e. The van der Waals surface area contributed by atoms with Crippen LogP contribution < -0.4 is 10.6 Å². The Morgan fingerprint density at radius 2 is 1.18 bits per heavy atom. The number of halogens is 3. The number of carbonyl (C=O) groups excluding carboxylic acids is 1. The predicted octanol–water partition coefficient (Wildman–Crippen LogP) is 9.48. The summed E-state index contributed by atoms with van der Waals surface area (Å²) < 4.78 is -1.64. The van der Waals surface area contributed by atoms with E-state index in [1.807, 2.05) is 31.2 Å². The molecule has 0 aliphatic carbocycles. The molecule has 0 saturated carbocycles. The van der Waals surface area contributed by atoms with Crippen molar-refractivity contribution in [3.8, 4) is 0 Å². The lowest BCUT2D eigenvalue weighted by Gasteiger charge is -2.27. The van der Waals surface area contributed by atoms with E-state index in [-0.39, 0.29) is 5.91 Å². The van der Waals surface area contributed by atoms with Crippen molar-refractivity contribution in [3.63, 3.8) is 0 Å². The first-order valence-corrected chi connectivity index (χ1v) is 14.2. The standard InChI is InChI=1S/C27H45Cl3N2O/c1-3-4-5-6-7-8-9-10-11-12-13-14-15-16-17-18-25(33)32-26(27(28,29)30)31-24-21-19-23(2)20-22-24/h19-22,26,31H,3-18H2,1-2H3,(H,32,33)/t26-/m0/s1. The van der Waals surface area contributed by atoms with Crippen LogP contribution in [-0.2, 0) is 4.79 Å². The first kappa shape index (κ1) is 30.4. The molecular formula is C27H45Cl3N2O. The molecule has 0 heterocycles. The lowest BCUT2D eigenvalue weighted by molar-refractivity contribution is -0.121. The fraction of sp³-hybridized carbons (Fsp3) is 0.741. The number of anilines is 1. The highest BCUT2D eigenvalue weighted by Crippen LogP contribution is 2.31. The molecule has 0 aliphatic heterocycles. The van der Waals surface area contributed by atoms with Crippen LogP contribution in [-0.4, -0.2) is 15.9 Å². The van der Waals surface area contributed by atoms with Gasteiger partial charge in [0, 0.05) is 12.1 Å². The molecule has 0 radical (unpaired) electrons. The maximum atomic E-state index is 12.4. The lowest BCUT2D eigenvalue weighted by Crippen LogP contribution is -2.49. The molecule has 1 rings (SSSR count). The number of aryl methyl sites for hydroxylation is 1. The highest BCUT2D eigenvalue weighted by molar-refractivity contribution is 6.68. The van der Waals surface area contributed by atoms with Crippen LogP contribution in [0, 0.1) is 6.92 Å². The smallest absolute Gasteiger partial charge is 0.228 e. The van der Waals surface area contributed by atoms with Crippen LogP contribution in [0.2, 0.25) is 0 Å². The summed E-state index contributed by atoms with van der Waals surface area (Å²) in [7, 11) is 0. The number of amides is 1. The van der Waals surface area contributed by atoms with Crippen LogP contribution in [0.25, 0.3) is 0 Å². The van der Waals surface area contributed by atoms with Crippen molar-refractivity contribution >= 4 is 46.4 Å². The number of benzene rings is 1. The van der Waals surface area contributed by atoms with Crippen molar-refractivity contribution < 1.29 is 4.79 Å². The first-order chi connectivity index (χ1) is 15.8. The van der Waals surface area contributed by atoms with Crippen LogP contribution in [0.3, 0.4) is 0 Å². The van der Waals surface area contributed by atoms with Crippen molar-refractivity contribution in [3.05, 3.63) is 29.8 Å². The SMILES string of the molecule is CCCCCCCCCCCCCCCCCC(=O)N[C@H](Nc1ccc(C)cc1)C(Cl)(Cl)Cl. The van der Waals surface area contributed by atoms with E-state index in [1.165, 1.54) is 83.5 Å². The molecule has 0 bridgehead atoms. The number of nitrogens with one attached hydrogen (secondary N) is 2. The minimum Gasteiger partial charge on any atom is -0.362 e. The summed E-state index contributed by atoms with van der Waals surface area (Å²) in [5, 5.41) is 5.93. The molecule has 6 heteroatoms. The Kier molecular flexibility index (Phi) is 17.2. The van der Waals surface area contributed by atoms with E-state index in [9.17, 15) is 4.79 Å². The minimum absolute atomic E-state index is 0.0966. The van der Waals surface area contributed by atoms with Crippen LogP contribution in [0.15, 0.2) is 24.3 Å². The summed E-state index contributed by atoms with van der Waals surface area (Å²) in [5.41, 5.74) is 1.94. The predicted molar refractivity (Wildman–Crippen MR) is 147 cm³/mol. The summed E-state index contributed by atoms with van der Waals surface area (Å²) in [6, 6.07) is 7.74. The van der Waals surface area contributed by atoms with Gasteiger partial charge in [0.15, 0.2) is 0 Å². The highest BCUT2D eigenvalue weighted by atomic mass is 35.6. The van der Waals surface area contributed by atoms with Crippen molar-refractivity contribution in [2.75, 3.05) is 5.32 Å². The van der Waals surface area contributed by atoms with E-state index < -0.39 is 9.96 Å². The van der Waals surface area contributed by atoms with Crippen LogP contribution >= 0.6 is 34.8 Å². The number of unbranched alkanes of at least 4 members (excludes halogenated alkanes) is 14. The Labute approximate surface area is 217 Å². The summed E-state index contributed by atoms with van der Waals surface area (Å²) in [4.78, 5) is 12.4. The number of carbonyl (C=O) groups is 1. The third-order valence-corrected chi connectivity index (χ3v) is 6.66. The fourth-order valence-corrected chi connectivity index (χ4v) is 4.23. The Bertz CT molecular complexity index is 617. The molecule has 0 fully saturated rings. The molecule has 190 valence electrons. The number of hydrogen-bond acceptors (Lipinski definition) is 2. The van der Waals surface area contributed by atoms with E-state index >= 15 is 0 Å². The van der Waals surface area contributed by atoms with E-state index in [2.05, 4.69) is 17.6 Å². The van der Waals surface area contributed by atoms with Crippen LogP contribution in [0.4, 0.5) is 5.69 Å². The van der Waals surface area contributed by atoms with Crippen molar-refractivity contribution in [1.29, 1.82) is 0 Å². The second-order valence-electron chi connectivity index (χ2n) is 9.25. The Hall–Kier alpha value is -0.640. The maximum Gasteiger partial charge on any atom is 0.228 e. The molecule has 1 aromatic carbocycles. The van der Waals surface area contributed by atoms with E-state index in [1.54, 1.807) is 0 Å². The van der Waals surface area contributed by atoms with Crippen LogP contribution in [0.1, 0.15) is 115 Å². The molecule has 0 aromatic heterocycles. The third-order valence-electron chi connectivity index (χ3n) is 6.00. The van der Waals surface area contributed by atoms with Crippen LogP contribution in [0.5, 0.6) is 0 Å². The average molecular weight is 520 g/mol. The van der Waals surface area contributed by atoms with E-state index in [0.717, 1.165) is 24.1 Å². The highest BCUT2D eigenvalue weighted by Gasteiger charge is 2.33. The Morgan fingerprint density at radius 3 is 1.61 bits per heavy atom. The molecule has 0 saturated heterocycles. The number of alkyl halides is 3. The monoisotopic (exact) mass is 518 g/mol. The normalized spacial score (nSPS) is 12.5. The second-order valence-corrected chi connectivity index (χ2v) is 11.6. The minimum atomic E-state index is -1.64. The summed E-state index contributed by atoms with van der Waals surface area (Å²) in [5.74, 6) is -0.0966. The molecule has 1 aromatic rings. The second kappa shape index (κ2) is 18.7. The van der Waals surface area contributed by atoms with E-state index in [0.29, 0.717) is 6.42 Å². The zero-order chi connectivity index (χ0) is 24.4. The molecule has 3 nitrogen and oxygen atoms in total. The van der Waals surface area contributed by atoms with Gasteiger partial charge in [-0.25, -0.2) is 0 Å². The molecule has 33 heavy (non-hydrogen) atoms.